The van der Waals surface area contributed by atoms with Crippen LogP contribution in [0.25, 0.3) is 0 Å². The predicted molar refractivity (Wildman–Crippen MR) is 169 cm³/mol. The number of morpholine rings is 1. The Morgan fingerprint density at radius 1 is 0.933 bits per heavy atom. The van der Waals surface area contributed by atoms with E-state index in [4.69, 9.17) is 4.74 Å². The van der Waals surface area contributed by atoms with Gasteiger partial charge in [0.2, 0.25) is 11.8 Å². The monoisotopic (exact) mass is 612 g/mol. The Hall–Kier alpha value is -4.61. The summed E-state index contributed by atoms with van der Waals surface area (Å²) in [5.74, 6) is -0.235. The zero-order valence-corrected chi connectivity index (χ0v) is 25.5. The highest BCUT2D eigenvalue weighted by Gasteiger charge is 2.51. The summed E-state index contributed by atoms with van der Waals surface area (Å²) in [5.41, 5.74) is 3.82. The average molecular weight is 613 g/mol. The number of ether oxygens (including phenoxy) is 1. The Bertz CT molecular complexity index is 1500. The van der Waals surface area contributed by atoms with Crippen molar-refractivity contribution in [3.05, 3.63) is 95.6 Å². The van der Waals surface area contributed by atoms with Crippen molar-refractivity contribution in [1.29, 1.82) is 0 Å². The van der Waals surface area contributed by atoms with Gasteiger partial charge in [-0.15, -0.1) is 0 Å². The molecular weight excluding hydrogens is 572 g/mol. The van der Waals surface area contributed by atoms with E-state index in [0.717, 1.165) is 35.5 Å². The van der Waals surface area contributed by atoms with Crippen LogP contribution in [0, 0.1) is 0 Å². The van der Waals surface area contributed by atoms with Gasteiger partial charge in [-0.3, -0.25) is 9.59 Å². The van der Waals surface area contributed by atoms with Crippen molar-refractivity contribution in [2.24, 2.45) is 0 Å². The number of hydrazine groups is 1. The maximum atomic E-state index is 14.2. The predicted octanol–water partition coefficient (Wildman–Crippen LogP) is 2.80. The van der Waals surface area contributed by atoms with E-state index in [9.17, 15) is 19.5 Å². The number of aromatic hydroxyl groups is 1. The molecule has 2 N–H and O–H groups in total. The minimum absolute atomic E-state index is 0.00723. The smallest absolute Gasteiger partial charge is 0.334 e. The molecule has 6 rings (SSSR count). The molecule has 0 aromatic heterocycles. The highest BCUT2D eigenvalue weighted by Crippen LogP contribution is 2.30. The molecule has 11 heteroatoms. The van der Waals surface area contributed by atoms with Crippen molar-refractivity contribution in [2.75, 3.05) is 50.8 Å². The van der Waals surface area contributed by atoms with E-state index in [1.807, 2.05) is 49.4 Å². The minimum atomic E-state index is -0.813. The van der Waals surface area contributed by atoms with E-state index in [-0.39, 0.29) is 43.1 Å². The summed E-state index contributed by atoms with van der Waals surface area (Å²) in [5, 5.41) is 16.3. The third-order valence-electron chi connectivity index (χ3n) is 8.72. The fourth-order valence-corrected chi connectivity index (χ4v) is 6.41. The standard InChI is InChI=1S/C34H40N6O5/c1-2-38-24-32(42)39-30(20-25-11-13-29(41)14-12-25)33(43)37(22-27-9-6-10-28(19-27)36-15-17-45-18-16-36)23-31(39)40(38)34(44)35-21-26-7-4-3-5-8-26/h3-14,19,30-31,41H,2,15-18,20-24H2,1H3,(H,35,44)/t30-,31-/m0/s1. The van der Waals surface area contributed by atoms with Crippen molar-refractivity contribution in [2.45, 2.75) is 38.6 Å². The van der Waals surface area contributed by atoms with Crippen LogP contribution in [-0.2, 0) is 33.8 Å². The summed E-state index contributed by atoms with van der Waals surface area (Å²) in [7, 11) is 0. The van der Waals surface area contributed by atoms with Gasteiger partial charge in [0.15, 0.2) is 0 Å². The molecule has 0 aliphatic carbocycles. The number of likely N-dealkylation sites (N-methyl/N-ethyl adjacent to an activating group) is 1. The Balaban J connectivity index is 1.31. The van der Waals surface area contributed by atoms with Crippen molar-refractivity contribution in [3.63, 3.8) is 0 Å². The third kappa shape index (κ3) is 6.74. The van der Waals surface area contributed by atoms with Gasteiger partial charge in [-0.2, -0.15) is 0 Å². The molecule has 3 aliphatic rings. The van der Waals surface area contributed by atoms with Gasteiger partial charge in [0.05, 0.1) is 26.3 Å². The average Bonchev–Trinajstić information content (AvgIpc) is 3.07. The highest BCUT2D eigenvalue weighted by atomic mass is 16.5. The maximum absolute atomic E-state index is 14.2. The highest BCUT2D eigenvalue weighted by molar-refractivity contribution is 5.91. The summed E-state index contributed by atoms with van der Waals surface area (Å²) in [4.78, 5) is 47.5. The molecule has 0 radical (unpaired) electrons. The Morgan fingerprint density at radius 2 is 1.67 bits per heavy atom. The largest absolute Gasteiger partial charge is 0.508 e. The second kappa shape index (κ2) is 13.6. The molecule has 2 atom stereocenters. The first-order valence-corrected chi connectivity index (χ1v) is 15.6. The number of amides is 4. The van der Waals surface area contributed by atoms with Crippen LogP contribution in [0.5, 0.6) is 5.75 Å². The van der Waals surface area contributed by atoms with E-state index in [1.165, 1.54) is 0 Å². The van der Waals surface area contributed by atoms with Gasteiger partial charge < -0.3 is 29.9 Å². The molecule has 3 aliphatic heterocycles. The van der Waals surface area contributed by atoms with Gasteiger partial charge in [-0.1, -0.05) is 61.5 Å². The van der Waals surface area contributed by atoms with E-state index in [1.54, 1.807) is 44.1 Å². The molecule has 3 aromatic rings. The number of phenolic OH excluding ortho intramolecular Hbond substituents is 1. The van der Waals surface area contributed by atoms with Gasteiger partial charge in [0.1, 0.15) is 18.0 Å². The number of nitrogens with one attached hydrogen (secondary N) is 1. The molecule has 4 amide bonds. The number of benzene rings is 3. The lowest BCUT2D eigenvalue weighted by molar-refractivity contribution is -0.190. The maximum Gasteiger partial charge on any atom is 0.334 e. The lowest BCUT2D eigenvalue weighted by atomic mass is 9.98. The number of rotatable bonds is 8. The number of piperazine rings is 1. The number of nitrogens with zero attached hydrogens (tertiary/aromatic N) is 5. The zero-order valence-electron chi connectivity index (χ0n) is 25.5. The number of urea groups is 1. The van der Waals surface area contributed by atoms with Crippen molar-refractivity contribution in [3.8, 4) is 5.75 Å². The van der Waals surface area contributed by atoms with Gasteiger partial charge in [0, 0.05) is 44.8 Å². The molecule has 236 valence electrons. The van der Waals surface area contributed by atoms with E-state index < -0.39 is 12.2 Å². The molecule has 0 unspecified atom stereocenters. The van der Waals surface area contributed by atoms with Crippen LogP contribution < -0.4 is 10.2 Å². The summed E-state index contributed by atoms with van der Waals surface area (Å²) in [6.07, 6.45) is -0.429. The lowest BCUT2D eigenvalue weighted by Gasteiger charge is -2.55. The molecule has 45 heavy (non-hydrogen) atoms. The van der Waals surface area contributed by atoms with Gasteiger partial charge in [-0.05, 0) is 41.0 Å². The molecule has 0 spiro atoms. The van der Waals surface area contributed by atoms with Crippen LogP contribution in [0.1, 0.15) is 23.6 Å². The van der Waals surface area contributed by atoms with Crippen LogP contribution >= 0.6 is 0 Å². The first-order valence-electron chi connectivity index (χ1n) is 15.6. The molecule has 0 saturated carbocycles. The van der Waals surface area contributed by atoms with Crippen molar-refractivity contribution < 1.29 is 24.2 Å². The Labute approximate surface area is 263 Å². The molecular formula is C34H40N6O5. The van der Waals surface area contributed by atoms with Gasteiger partial charge in [0.25, 0.3) is 0 Å². The zero-order chi connectivity index (χ0) is 31.3. The molecule has 3 fully saturated rings. The van der Waals surface area contributed by atoms with Crippen molar-refractivity contribution >= 4 is 23.5 Å². The topological polar surface area (TPSA) is 109 Å². The lowest BCUT2D eigenvalue weighted by Crippen LogP contribution is -2.76. The molecule has 3 heterocycles. The van der Waals surface area contributed by atoms with Crippen LogP contribution in [0.4, 0.5) is 10.5 Å². The number of phenols is 1. The second-order valence-electron chi connectivity index (χ2n) is 11.6. The SMILES string of the molecule is CCN1CC(=O)N2[C@@H](Cc3ccc(O)cc3)C(=O)N(Cc3cccc(N4CCOCC4)c3)C[C@@H]2N1C(=O)NCc1ccccc1. The van der Waals surface area contributed by atoms with Crippen LogP contribution in [-0.4, -0.2) is 101 Å². The Morgan fingerprint density at radius 3 is 2.40 bits per heavy atom. The van der Waals surface area contributed by atoms with Gasteiger partial charge in [-0.25, -0.2) is 14.8 Å². The number of hydrogen-bond donors (Lipinski definition) is 2. The van der Waals surface area contributed by atoms with Crippen LogP contribution in [0.3, 0.4) is 0 Å². The molecule has 3 saturated heterocycles. The van der Waals surface area contributed by atoms with Gasteiger partial charge >= 0.3 is 6.03 Å². The first kappa shape index (κ1) is 30.4. The van der Waals surface area contributed by atoms with Crippen molar-refractivity contribution in [1.82, 2.24) is 25.1 Å². The number of carbonyl (C=O) groups excluding carboxylic acids is 3. The summed E-state index contributed by atoms with van der Waals surface area (Å²) >= 11 is 0. The quantitative estimate of drug-likeness (QED) is 0.403. The van der Waals surface area contributed by atoms with E-state index in [0.29, 0.717) is 32.8 Å². The van der Waals surface area contributed by atoms with E-state index in [2.05, 4.69) is 22.3 Å². The first-order chi connectivity index (χ1) is 21.9. The number of anilines is 1. The third-order valence-corrected chi connectivity index (χ3v) is 8.72. The molecule has 3 aromatic carbocycles. The van der Waals surface area contributed by atoms with Crippen LogP contribution in [0.2, 0.25) is 0 Å². The van der Waals surface area contributed by atoms with Crippen LogP contribution in [0.15, 0.2) is 78.9 Å². The summed E-state index contributed by atoms with van der Waals surface area (Å²) < 4.78 is 5.52. The number of fused-ring (bicyclic) bond motifs is 1. The number of hydrogen-bond acceptors (Lipinski definition) is 7. The summed E-state index contributed by atoms with van der Waals surface area (Å²) in [6, 6.07) is 23.4. The normalized spacial score (nSPS) is 20.7. The Kier molecular flexibility index (Phi) is 9.18. The minimum Gasteiger partial charge on any atom is -0.508 e. The fraction of sp³-hybridized carbons (Fsp3) is 0.382. The molecule has 0 bridgehead atoms. The second-order valence-corrected chi connectivity index (χ2v) is 11.6. The number of carbonyl (C=O) groups is 3. The summed E-state index contributed by atoms with van der Waals surface area (Å²) in [6.45, 7) is 6.17. The molecule has 11 nitrogen and oxygen atoms in total. The van der Waals surface area contributed by atoms with E-state index >= 15 is 0 Å². The fourth-order valence-electron chi connectivity index (χ4n) is 6.41.